The van der Waals surface area contributed by atoms with Crippen LogP contribution in [0.15, 0.2) is 54.6 Å². The molecule has 0 aromatic heterocycles. The summed E-state index contributed by atoms with van der Waals surface area (Å²) in [6.07, 6.45) is 1.11. The van der Waals surface area contributed by atoms with Crippen LogP contribution >= 0.6 is 0 Å². The van der Waals surface area contributed by atoms with Crippen molar-refractivity contribution in [1.82, 2.24) is 4.90 Å². The van der Waals surface area contributed by atoms with Crippen LogP contribution in [0.25, 0.3) is 0 Å². The van der Waals surface area contributed by atoms with E-state index in [0.717, 1.165) is 12.1 Å². The van der Waals surface area contributed by atoms with Crippen LogP contribution in [0.2, 0.25) is 0 Å². The molecule has 1 aliphatic heterocycles. The summed E-state index contributed by atoms with van der Waals surface area (Å²) >= 11 is 0. The van der Waals surface area contributed by atoms with E-state index in [0.29, 0.717) is 25.4 Å². The molecule has 1 N–H and O–H groups in total. The third-order valence-corrected chi connectivity index (χ3v) is 4.94. The highest BCUT2D eigenvalue weighted by Gasteiger charge is 2.33. The quantitative estimate of drug-likeness (QED) is 0.860. The minimum atomic E-state index is -0.275. The molecule has 0 radical (unpaired) electrons. The lowest BCUT2D eigenvalue weighted by Gasteiger charge is -2.16. The highest BCUT2D eigenvalue weighted by Crippen LogP contribution is 2.22. The Morgan fingerprint density at radius 1 is 1.12 bits per heavy atom. The molecule has 0 spiro atoms. The van der Waals surface area contributed by atoms with Crippen molar-refractivity contribution in [2.24, 2.45) is 5.92 Å². The fraction of sp³-hybridized carbons (Fsp3) is 0.364. The largest absolute Gasteiger partial charge is 0.342 e. The van der Waals surface area contributed by atoms with Gasteiger partial charge in [-0.05, 0) is 35.6 Å². The molecule has 4 heteroatoms. The van der Waals surface area contributed by atoms with E-state index < -0.39 is 0 Å². The molecule has 1 atom stereocenters. The van der Waals surface area contributed by atoms with Gasteiger partial charge in [-0.15, -0.1) is 0 Å². The first kappa shape index (κ1) is 18.2. The van der Waals surface area contributed by atoms with Crippen LogP contribution in [-0.4, -0.2) is 29.8 Å². The zero-order chi connectivity index (χ0) is 18.5. The van der Waals surface area contributed by atoms with Crippen LogP contribution < -0.4 is 5.32 Å². The van der Waals surface area contributed by atoms with Crippen molar-refractivity contribution < 1.29 is 9.59 Å². The Balaban J connectivity index is 1.53. The molecule has 0 aliphatic carbocycles. The number of nitrogens with one attached hydrogen (secondary N) is 1. The van der Waals surface area contributed by atoms with Gasteiger partial charge in [0.25, 0.3) is 0 Å². The van der Waals surface area contributed by atoms with Gasteiger partial charge in [-0.3, -0.25) is 9.59 Å². The first-order chi connectivity index (χ1) is 12.5. The average Bonchev–Trinajstić information content (AvgIpc) is 3.02. The van der Waals surface area contributed by atoms with E-state index in [4.69, 9.17) is 0 Å². The number of rotatable bonds is 6. The Labute approximate surface area is 155 Å². The van der Waals surface area contributed by atoms with Gasteiger partial charge < -0.3 is 10.2 Å². The third kappa shape index (κ3) is 4.51. The molecule has 2 aromatic carbocycles. The van der Waals surface area contributed by atoms with Gasteiger partial charge in [-0.1, -0.05) is 56.3 Å². The molecular weight excluding hydrogens is 324 g/mol. The van der Waals surface area contributed by atoms with Gasteiger partial charge in [0.2, 0.25) is 11.8 Å². The topological polar surface area (TPSA) is 49.4 Å². The van der Waals surface area contributed by atoms with E-state index in [1.807, 2.05) is 42.5 Å². The predicted octanol–water partition coefficient (Wildman–Crippen LogP) is 3.84. The lowest BCUT2D eigenvalue weighted by molar-refractivity contribution is -0.128. The fourth-order valence-corrected chi connectivity index (χ4v) is 3.27. The summed E-state index contributed by atoms with van der Waals surface area (Å²) < 4.78 is 0. The van der Waals surface area contributed by atoms with Crippen molar-refractivity contribution in [2.45, 2.75) is 32.6 Å². The van der Waals surface area contributed by atoms with Gasteiger partial charge >= 0.3 is 0 Å². The Morgan fingerprint density at radius 3 is 2.46 bits per heavy atom. The lowest BCUT2D eigenvalue weighted by atomic mass is 10.0. The Hall–Kier alpha value is -2.62. The summed E-state index contributed by atoms with van der Waals surface area (Å²) in [6, 6.07) is 18.0. The molecule has 136 valence electrons. The normalized spacial score (nSPS) is 17.0. The van der Waals surface area contributed by atoms with Crippen molar-refractivity contribution in [1.29, 1.82) is 0 Å². The summed E-state index contributed by atoms with van der Waals surface area (Å²) in [4.78, 5) is 26.5. The molecule has 2 aromatic rings. The second-order valence-corrected chi connectivity index (χ2v) is 7.24. The zero-order valence-electron chi connectivity index (χ0n) is 15.4. The second-order valence-electron chi connectivity index (χ2n) is 7.24. The highest BCUT2D eigenvalue weighted by atomic mass is 16.2. The van der Waals surface area contributed by atoms with Gasteiger partial charge in [0, 0.05) is 25.2 Å². The summed E-state index contributed by atoms with van der Waals surface area (Å²) in [6.45, 7) is 5.45. The highest BCUT2D eigenvalue weighted by molar-refractivity contribution is 5.97. The predicted molar refractivity (Wildman–Crippen MR) is 104 cm³/mol. The number of nitrogens with zero attached hydrogens (tertiary/aromatic N) is 1. The van der Waals surface area contributed by atoms with Crippen molar-refractivity contribution in [3.8, 4) is 0 Å². The molecule has 1 heterocycles. The minimum absolute atomic E-state index is 0.0660. The molecule has 4 nitrogen and oxygen atoms in total. The van der Waals surface area contributed by atoms with Crippen LogP contribution in [0, 0.1) is 5.92 Å². The Bertz CT molecular complexity index is 753. The summed E-state index contributed by atoms with van der Waals surface area (Å²) in [5, 5.41) is 2.95. The number of likely N-dealkylation sites (tertiary alicyclic amines) is 1. The molecule has 26 heavy (non-hydrogen) atoms. The molecule has 1 fully saturated rings. The van der Waals surface area contributed by atoms with Gasteiger partial charge in [-0.25, -0.2) is 0 Å². The molecule has 0 saturated carbocycles. The number of anilines is 1. The monoisotopic (exact) mass is 350 g/mol. The van der Waals surface area contributed by atoms with E-state index in [9.17, 15) is 9.59 Å². The van der Waals surface area contributed by atoms with Crippen molar-refractivity contribution >= 4 is 17.5 Å². The Kier molecular flexibility index (Phi) is 5.71. The van der Waals surface area contributed by atoms with E-state index in [2.05, 4.69) is 31.3 Å². The van der Waals surface area contributed by atoms with E-state index >= 15 is 0 Å². The van der Waals surface area contributed by atoms with Crippen LogP contribution in [0.5, 0.6) is 0 Å². The summed E-state index contributed by atoms with van der Waals surface area (Å²) in [5.41, 5.74) is 3.24. The maximum Gasteiger partial charge on any atom is 0.229 e. The molecule has 3 rings (SSSR count). The number of amides is 2. The molecule has 2 amide bonds. The van der Waals surface area contributed by atoms with E-state index in [1.54, 1.807) is 4.90 Å². The maximum atomic E-state index is 12.5. The first-order valence-electron chi connectivity index (χ1n) is 9.25. The molecule has 1 aliphatic rings. The van der Waals surface area contributed by atoms with E-state index in [-0.39, 0.29) is 17.7 Å². The standard InChI is InChI=1S/C22H26N2O2/c1-16(2)18-8-10-20(11-9-18)23-22(26)19-14-21(25)24(15-19)13-12-17-6-4-3-5-7-17/h3-11,16,19H,12-15H2,1-2H3,(H,23,26). The van der Waals surface area contributed by atoms with Crippen molar-refractivity contribution in [3.05, 3.63) is 65.7 Å². The summed E-state index contributed by atoms with van der Waals surface area (Å²) in [5.74, 6) is 0.183. The van der Waals surface area contributed by atoms with Crippen LogP contribution in [0.4, 0.5) is 5.69 Å². The fourth-order valence-electron chi connectivity index (χ4n) is 3.27. The van der Waals surface area contributed by atoms with Gasteiger partial charge in [0.15, 0.2) is 0 Å². The van der Waals surface area contributed by atoms with Crippen molar-refractivity contribution in [2.75, 3.05) is 18.4 Å². The van der Waals surface area contributed by atoms with Crippen LogP contribution in [0.1, 0.15) is 37.3 Å². The first-order valence-corrected chi connectivity index (χ1v) is 9.25. The number of carbonyl (C=O) groups is 2. The number of carbonyl (C=O) groups excluding carboxylic acids is 2. The number of benzene rings is 2. The smallest absolute Gasteiger partial charge is 0.229 e. The van der Waals surface area contributed by atoms with Gasteiger partial charge in [0.1, 0.15) is 0 Å². The maximum absolute atomic E-state index is 12.5. The van der Waals surface area contributed by atoms with E-state index in [1.165, 1.54) is 11.1 Å². The second kappa shape index (κ2) is 8.17. The molecular formula is C22H26N2O2. The molecule has 0 bridgehead atoms. The van der Waals surface area contributed by atoms with Crippen LogP contribution in [-0.2, 0) is 16.0 Å². The lowest BCUT2D eigenvalue weighted by Crippen LogP contribution is -2.30. The van der Waals surface area contributed by atoms with Gasteiger partial charge in [0.05, 0.1) is 5.92 Å². The number of hydrogen-bond acceptors (Lipinski definition) is 2. The number of hydrogen-bond donors (Lipinski definition) is 1. The SMILES string of the molecule is CC(C)c1ccc(NC(=O)C2CC(=O)N(CCc3ccccc3)C2)cc1. The summed E-state index contributed by atoms with van der Waals surface area (Å²) in [7, 11) is 0. The average molecular weight is 350 g/mol. The minimum Gasteiger partial charge on any atom is -0.342 e. The molecule has 1 unspecified atom stereocenters. The van der Waals surface area contributed by atoms with Crippen molar-refractivity contribution in [3.63, 3.8) is 0 Å². The zero-order valence-corrected chi connectivity index (χ0v) is 15.4. The van der Waals surface area contributed by atoms with Crippen LogP contribution in [0.3, 0.4) is 0 Å². The Morgan fingerprint density at radius 2 is 1.81 bits per heavy atom. The van der Waals surface area contributed by atoms with Gasteiger partial charge in [-0.2, -0.15) is 0 Å². The molecule has 1 saturated heterocycles. The third-order valence-electron chi connectivity index (χ3n) is 4.94.